The van der Waals surface area contributed by atoms with Crippen LogP contribution in [0.1, 0.15) is 22.5 Å². The van der Waals surface area contributed by atoms with Gasteiger partial charge in [-0.2, -0.15) is 0 Å². The fraction of sp³-hybridized carbons (Fsp3) is 0. The van der Waals surface area contributed by atoms with Crippen LogP contribution in [-0.4, -0.2) is 9.97 Å². The largest absolute Gasteiger partial charge is 0.362 e. The van der Waals surface area contributed by atoms with Crippen LogP contribution in [0.3, 0.4) is 0 Å². The van der Waals surface area contributed by atoms with Gasteiger partial charge < -0.3 is 9.97 Å². The molecular weight excluding hydrogens is 244 g/mol. The monoisotopic (exact) mass is 260 g/mol. The summed E-state index contributed by atoms with van der Waals surface area (Å²) in [4.78, 5) is 6.34. The van der Waals surface area contributed by atoms with Crippen LogP contribution >= 0.6 is 0 Å². The third-order valence-corrected chi connectivity index (χ3v) is 3.12. The van der Waals surface area contributed by atoms with E-state index in [1.165, 1.54) is 11.1 Å². The summed E-state index contributed by atoms with van der Waals surface area (Å²) in [5, 5.41) is 0. The van der Waals surface area contributed by atoms with Crippen LogP contribution < -0.4 is 0 Å². The maximum atomic E-state index is 3.17. The third kappa shape index (κ3) is 2.98. The van der Waals surface area contributed by atoms with Crippen molar-refractivity contribution in [3.05, 3.63) is 83.4 Å². The Bertz CT molecular complexity index is 638. The minimum Gasteiger partial charge on any atom is -0.362 e. The van der Waals surface area contributed by atoms with Gasteiger partial charge in [0.05, 0.1) is 0 Å². The summed E-state index contributed by atoms with van der Waals surface area (Å²) in [5.74, 6) is 0. The second-order valence-electron chi connectivity index (χ2n) is 4.55. The van der Waals surface area contributed by atoms with E-state index >= 15 is 0 Å². The molecule has 98 valence electrons. The number of benzene rings is 1. The summed E-state index contributed by atoms with van der Waals surface area (Å²) >= 11 is 0. The van der Waals surface area contributed by atoms with Crippen LogP contribution in [-0.2, 0) is 0 Å². The highest BCUT2D eigenvalue weighted by Crippen LogP contribution is 2.15. The van der Waals surface area contributed by atoms with Crippen LogP contribution in [0.5, 0.6) is 0 Å². The quantitative estimate of drug-likeness (QED) is 0.682. The molecule has 2 aromatic heterocycles. The second-order valence-corrected chi connectivity index (χ2v) is 4.55. The predicted octanol–water partition coefficient (Wildman–Crippen LogP) is 4.68. The zero-order valence-electron chi connectivity index (χ0n) is 11.1. The Morgan fingerprint density at radius 2 is 1.05 bits per heavy atom. The van der Waals surface area contributed by atoms with Crippen LogP contribution in [0.2, 0.25) is 0 Å². The van der Waals surface area contributed by atoms with Gasteiger partial charge in [0, 0.05) is 23.8 Å². The van der Waals surface area contributed by atoms with Gasteiger partial charge in [-0.1, -0.05) is 36.4 Å². The van der Waals surface area contributed by atoms with E-state index < -0.39 is 0 Å². The maximum absolute atomic E-state index is 3.17. The molecule has 3 rings (SSSR count). The van der Waals surface area contributed by atoms with E-state index in [9.17, 15) is 0 Å². The first-order valence-electron chi connectivity index (χ1n) is 6.64. The Hall–Kier alpha value is -2.74. The Morgan fingerprint density at radius 3 is 1.45 bits per heavy atom. The summed E-state index contributed by atoms with van der Waals surface area (Å²) in [5.41, 5.74) is 4.61. The van der Waals surface area contributed by atoms with Gasteiger partial charge in [0.2, 0.25) is 0 Å². The molecule has 20 heavy (non-hydrogen) atoms. The predicted molar refractivity (Wildman–Crippen MR) is 85.9 cm³/mol. The highest BCUT2D eigenvalue weighted by molar-refractivity contribution is 5.78. The molecule has 0 amide bonds. The van der Waals surface area contributed by atoms with Crippen molar-refractivity contribution in [1.29, 1.82) is 0 Å². The lowest BCUT2D eigenvalue weighted by Crippen LogP contribution is -1.80. The molecule has 2 N–H and O–H groups in total. The summed E-state index contributed by atoms with van der Waals surface area (Å²) in [6.07, 6.45) is 12.3. The average molecular weight is 260 g/mol. The van der Waals surface area contributed by atoms with E-state index in [-0.39, 0.29) is 0 Å². The number of rotatable bonds is 4. The van der Waals surface area contributed by atoms with Gasteiger partial charge in [-0.25, -0.2) is 0 Å². The van der Waals surface area contributed by atoms with E-state index in [1.807, 2.05) is 36.7 Å². The standard InChI is InChI=1S/C18H16N2/c1-2-6-16(10-12-18-8-4-14-20-18)15(5-1)9-11-17-7-3-13-19-17/h1-14,19-20H/b11-9-,12-10-. The topological polar surface area (TPSA) is 31.6 Å². The van der Waals surface area contributed by atoms with Gasteiger partial charge in [-0.15, -0.1) is 0 Å². The minimum atomic E-state index is 1.10. The molecule has 0 bridgehead atoms. The number of nitrogens with one attached hydrogen (secondary N) is 2. The molecule has 0 radical (unpaired) electrons. The number of hydrogen-bond donors (Lipinski definition) is 2. The lowest BCUT2D eigenvalue weighted by Gasteiger charge is -2.00. The molecule has 0 fully saturated rings. The average Bonchev–Trinajstić information content (AvgIpc) is 3.17. The highest BCUT2D eigenvalue weighted by atomic mass is 14.7. The van der Waals surface area contributed by atoms with Crippen LogP contribution in [0, 0.1) is 0 Å². The van der Waals surface area contributed by atoms with Crippen LogP contribution in [0.4, 0.5) is 0 Å². The van der Waals surface area contributed by atoms with Crippen molar-refractivity contribution in [3.63, 3.8) is 0 Å². The molecule has 0 atom stereocenters. The SMILES string of the molecule is C(=C/c1ccccc1/C=C\c1ccc[nH]1)/c1ccc[nH]1. The van der Waals surface area contributed by atoms with E-state index in [4.69, 9.17) is 0 Å². The zero-order valence-corrected chi connectivity index (χ0v) is 11.1. The van der Waals surface area contributed by atoms with Crippen molar-refractivity contribution in [3.8, 4) is 0 Å². The Morgan fingerprint density at radius 1 is 0.550 bits per heavy atom. The summed E-state index contributed by atoms with van der Waals surface area (Å²) in [7, 11) is 0. The van der Waals surface area contributed by atoms with Crippen molar-refractivity contribution in [2.45, 2.75) is 0 Å². The molecule has 0 aliphatic carbocycles. The Labute approximate surface area is 118 Å². The first-order valence-corrected chi connectivity index (χ1v) is 6.64. The van der Waals surface area contributed by atoms with Gasteiger partial charge in [0.15, 0.2) is 0 Å². The van der Waals surface area contributed by atoms with Gasteiger partial charge >= 0.3 is 0 Å². The van der Waals surface area contributed by atoms with Crippen molar-refractivity contribution in [2.24, 2.45) is 0 Å². The summed E-state index contributed by atoms with van der Waals surface area (Å²) in [6.45, 7) is 0. The van der Waals surface area contributed by atoms with Crippen molar-refractivity contribution in [2.75, 3.05) is 0 Å². The molecule has 2 heteroatoms. The molecule has 0 spiro atoms. The lowest BCUT2D eigenvalue weighted by atomic mass is 10.1. The fourth-order valence-corrected chi connectivity index (χ4v) is 2.07. The summed E-state index contributed by atoms with van der Waals surface area (Å²) in [6, 6.07) is 16.4. The van der Waals surface area contributed by atoms with Crippen LogP contribution in [0.25, 0.3) is 24.3 Å². The molecule has 1 aromatic carbocycles. The fourth-order valence-electron chi connectivity index (χ4n) is 2.07. The molecule has 3 aromatic rings. The Balaban J connectivity index is 1.85. The van der Waals surface area contributed by atoms with E-state index in [0.29, 0.717) is 0 Å². The Kier molecular flexibility index (Phi) is 3.65. The minimum absolute atomic E-state index is 1.10. The first kappa shape index (κ1) is 12.3. The van der Waals surface area contributed by atoms with Crippen LogP contribution in [0.15, 0.2) is 60.9 Å². The molecule has 0 saturated heterocycles. The number of H-pyrrole nitrogens is 2. The molecule has 0 saturated carbocycles. The van der Waals surface area contributed by atoms with Gasteiger partial charge in [0.1, 0.15) is 0 Å². The molecule has 2 nitrogen and oxygen atoms in total. The van der Waals surface area contributed by atoms with E-state index in [0.717, 1.165) is 11.4 Å². The number of hydrogen-bond acceptors (Lipinski definition) is 0. The van der Waals surface area contributed by atoms with Crippen molar-refractivity contribution < 1.29 is 0 Å². The van der Waals surface area contributed by atoms with Crippen molar-refractivity contribution >= 4 is 24.3 Å². The van der Waals surface area contributed by atoms with E-state index in [2.05, 4.69) is 58.5 Å². The second kappa shape index (κ2) is 5.93. The molecule has 0 aliphatic heterocycles. The number of aromatic nitrogens is 2. The molecule has 0 unspecified atom stereocenters. The first-order chi connectivity index (χ1) is 9.92. The smallest absolute Gasteiger partial charge is 0.0380 e. The molecular formula is C18H16N2. The van der Waals surface area contributed by atoms with Gasteiger partial charge in [-0.3, -0.25) is 0 Å². The molecule has 0 aliphatic rings. The van der Waals surface area contributed by atoms with Gasteiger partial charge in [0.25, 0.3) is 0 Å². The number of aromatic amines is 2. The van der Waals surface area contributed by atoms with E-state index in [1.54, 1.807) is 0 Å². The van der Waals surface area contributed by atoms with Crippen molar-refractivity contribution in [1.82, 2.24) is 9.97 Å². The van der Waals surface area contributed by atoms with Gasteiger partial charge in [-0.05, 0) is 47.5 Å². The normalized spacial score (nSPS) is 11.6. The summed E-state index contributed by atoms with van der Waals surface area (Å²) < 4.78 is 0. The highest BCUT2D eigenvalue weighted by Gasteiger charge is 1.95. The molecule has 2 heterocycles. The third-order valence-electron chi connectivity index (χ3n) is 3.12. The lowest BCUT2D eigenvalue weighted by molar-refractivity contribution is 1.38. The maximum Gasteiger partial charge on any atom is 0.0380 e. The zero-order chi connectivity index (χ0) is 13.6.